The highest BCUT2D eigenvalue weighted by Gasteiger charge is 2.21. The van der Waals surface area contributed by atoms with Crippen LogP contribution in [-0.2, 0) is 4.79 Å². The van der Waals surface area contributed by atoms with Gasteiger partial charge < -0.3 is 10.6 Å². The van der Waals surface area contributed by atoms with Crippen molar-refractivity contribution in [3.05, 3.63) is 77.5 Å². The number of nitrogens with zero attached hydrogens (tertiary/aromatic N) is 2. The Bertz CT molecular complexity index is 914. The third-order valence-electron chi connectivity index (χ3n) is 4.84. The first-order valence-electron chi connectivity index (χ1n) is 9.76. The van der Waals surface area contributed by atoms with Crippen LogP contribution >= 0.6 is 0 Å². The molecule has 3 rings (SSSR count). The highest BCUT2D eigenvalue weighted by Crippen LogP contribution is 2.18. The minimum Gasteiger partial charge on any atom is -0.332 e. The topological polar surface area (TPSA) is 63.5 Å². The molecule has 1 atom stereocenters. The van der Waals surface area contributed by atoms with Gasteiger partial charge >= 0.3 is 0 Å². The van der Waals surface area contributed by atoms with E-state index >= 15 is 0 Å². The van der Waals surface area contributed by atoms with Crippen LogP contribution in [0.1, 0.15) is 36.7 Å². The van der Waals surface area contributed by atoms with Crippen molar-refractivity contribution in [1.82, 2.24) is 9.78 Å². The van der Waals surface area contributed by atoms with E-state index in [1.165, 1.54) is 11.1 Å². The normalized spacial score (nSPS) is 12.2. The smallest absolute Gasteiger partial charge is 0.280 e. The molecule has 3 N–H and O–H groups in total. The molecule has 0 fully saturated rings. The number of rotatable bonds is 7. The molecular weight excluding hydrogens is 348 g/mol. The van der Waals surface area contributed by atoms with Crippen molar-refractivity contribution < 1.29 is 10.1 Å². The second-order valence-electron chi connectivity index (χ2n) is 7.59. The highest BCUT2D eigenvalue weighted by atomic mass is 16.2. The number of carbonyl (C=O) groups is 1. The molecular formula is C23H29N4O+. The van der Waals surface area contributed by atoms with Crippen molar-refractivity contribution in [2.45, 2.75) is 33.7 Å². The molecule has 0 aliphatic rings. The monoisotopic (exact) mass is 377 g/mol. The summed E-state index contributed by atoms with van der Waals surface area (Å²) in [7, 11) is 0. The Kier molecular flexibility index (Phi) is 6.26. The van der Waals surface area contributed by atoms with Crippen molar-refractivity contribution in [1.29, 1.82) is 0 Å². The van der Waals surface area contributed by atoms with Gasteiger partial charge in [-0.3, -0.25) is 4.79 Å². The summed E-state index contributed by atoms with van der Waals surface area (Å²) in [5, 5.41) is 9.65. The number of aryl methyl sites for hydroxylation is 2. The summed E-state index contributed by atoms with van der Waals surface area (Å²) >= 11 is 0. The van der Waals surface area contributed by atoms with E-state index < -0.39 is 0 Å². The van der Waals surface area contributed by atoms with Crippen LogP contribution in [0.15, 0.2) is 60.7 Å². The zero-order valence-corrected chi connectivity index (χ0v) is 17.0. The Balaban J connectivity index is 1.69. The fraction of sp³-hybridized carbons (Fsp3) is 0.304. The third-order valence-corrected chi connectivity index (χ3v) is 4.84. The fourth-order valence-corrected chi connectivity index (χ4v) is 3.37. The molecule has 0 saturated carbocycles. The minimum absolute atomic E-state index is 0.0326. The van der Waals surface area contributed by atoms with Gasteiger partial charge in [-0.1, -0.05) is 61.9 Å². The summed E-state index contributed by atoms with van der Waals surface area (Å²) in [6.07, 6.45) is 0. The van der Waals surface area contributed by atoms with Crippen LogP contribution < -0.4 is 10.6 Å². The van der Waals surface area contributed by atoms with Gasteiger partial charge in [-0.2, -0.15) is 5.10 Å². The molecule has 3 aromatic rings. The van der Waals surface area contributed by atoms with E-state index in [2.05, 4.69) is 48.6 Å². The molecule has 0 aliphatic carbocycles. The van der Waals surface area contributed by atoms with E-state index in [9.17, 15) is 4.79 Å². The third kappa shape index (κ3) is 4.87. The summed E-state index contributed by atoms with van der Waals surface area (Å²) in [6.45, 7) is 8.70. The maximum Gasteiger partial charge on any atom is 0.280 e. The van der Waals surface area contributed by atoms with E-state index in [1.807, 2.05) is 55.5 Å². The van der Waals surface area contributed by atoms with Crippen molar-refractivity contribution in [3.8, 4) is 5.69 Å². The van der Waals surface area contributed by atoms with Gasteiger partial charge in [-0.05, 0) is 26.0 Å². The largest absolute Gasteiger partial charge is 0.332 e. The Morgan fingerprint density at radius 3 is 2.39 bits per heavy atom. The second-order valence-corrected chi connectivity index (χ2v) is 7.59. The first-order chi connectivity index (χ1) is 13.4. The van der Waals surface area contributed by atoms with Gasteiger partial charge in [0.2, 0.25) is 0 Å². The SMILES string of the molecule is Cc1ccc(-n2nc(C)cc2NC(=O)C[NH2+][C@@H](c2ccccc2)C(C)C)cc1. The van der Waals surface area contributed by atoms with Crippen LogP contribution in [0.5, 0.6) is 0 Å². The summed E-state index contributed by atoms with van der Waals surface area (Å²) in [5.74, 6) is 1.09. The lowest BCUT2D eigenvalue weighted by molar-refractivity contribution is -0.692. The average Bonchev–Trinajstić information content (AvgIpc) is 3.03. The zero-order chi connectivity index (χ0) is 20.1. The zero-order valence-electron chi connectivity index (χ0n) is 17.0. The van der Waals surface area contributed by atoms with Crippen molar-refractivity contribution in [2.75, 3.05) is 11.9 Å². The molecule has 0 radical (unpaired) electrons. The summed E-state index contributed by atoms with van der Waals surface area (Å²) in [5.41, 5.74) is 4.23. The minimum atomic E-state index is -0.0326. The maximum atomic E-state index is 12.6. The molecule has 1 amide bonds. The van der Waals surface area contributed by atoms with Crippen LogP contribution in [0.4, 0.5) is 5.82 Å². The average molecular weight is 378 g/mol. The van der Waals surface area contributed by atoms with Gasteiger partial charge in [-0.15, -0.1) is 0 Å². The lowest BCUT2D eigenvalue weighted by Gasteiger charge is -2.19. The van der Waals surface area contributed by atoms with Crippen LogP contribution in [-0.4, -0.2) is 22.2 Å². The number of hydrogen-bond acceptors (Lipinski definition) is 2. The molecule has 28 heavy (non-hydrogen) atoms. The molecule has 0 unspecified atom stereocenters. The van der Waals surface area contributed by atoms with Gasteiger partial charge in [0.05, 0.1) is 11.4 Å². The molecule has 1 heterocycles. The standard InChI is InChI=1S/C23H28N4O/c1-16(2)23(19-8-6-5-7-9-19)24-15-22(28)25-21-14-18(4)26-27(21)20-12-10-17(3)11-13-20/h5-14,16,23-24H,15H2,1-4H3,(H,25,28)/p+1/t23-/m1/s1. The molecule has 0 spiro atoms. The van der Waals surface area contributed by atoms with Crippen molar-refractivity contribution >= 4 is 11.7 Å². The highest BCUT2D eigenvalue weighted by molar-refractivity contribution is 5.90. The summed E-state index contributed by atoms with van der Waals surface area (Å²) in [6, 6.07) is 20.6. The maximum absolute atomic E-state index is 12.6. The van der Waals surface area contributed by atoms with Crippen LogP contribution in [0.25, 0.3) is 5.69 Å². The molecule has 5 nitrogen and oxygen atoms in total. The van der Waals surface area contributed by atoms with Gasteiger partial charge in [0.25, 0.3) is 5.91 Å². The Labute approximate surface area is 166 Å². The van der Waals surface area contributed by atoms with E-state index in [0.29, 0.717) is 18.3 Å². The molecule has 0 bridgehead atoms. The van der Waals surface area contributed by atoms with Crippen molar-refractivity contribution in [2.24, 2.45) is 5.92 Å². The molecule has 2 aromatic carbocycles. The second kappa shape index (κ2) is 8.85. The Hall–Kier alpha value is -2.92. The first kappa shape index (κ1) is 19.8. The van der Waals surface area contributed by atoms with E-state index in [0.717, 1.165) is 11.4 Å². The summed E-state index contributed by atoms with van der Waals surface area (Å²) in [4.78, 5) is 12.6. The number of anilines is 1. The predicted octanol–water partition coefficient (Wildman–Crippen LogP) is 3.39. The van der Waals surface area contributed by atoms with Crippen molar-refractivity contribution in [3.63, 3.8) is 0 Å². The van der Waals surface area contributed by atoms with Gasteiger partial charge in [-0.25, -0.2) is 4.68 Å². The number of nitrogens with two attached hydrogens (primary N) is 1. The van der Waals surface area contributed by atoms with Gasteiger partial charge in [0.15, 0.2) is 6.54 Å². The number of nitrogens with one attached hydrogen (secondary N) is 1. The van der Waals surface area contributed by atoms with Crippen LogP contribution in [0, 0.1) is 19.8 Å². The van der Waals surface area contributed by atoms with Crippen LogP contribution in [0.3, 0.4) is 0 Å². The molecule has 0 aliphatic heterocycles. The molecule has 5 heteroatoms. The first-order valence-corrected chi connectivity index (χ1v) is 9.76. The Morgan fingerprint density at radius 2 is 1.75 bits per heavy atom. The number of benzene rings is 2. The fourth-order valence-electron chi connectivity index (χ4n) is 3.37. The number of carbonyl (C=O) groups excluding carboxylic acids is 1. The van der Waals surface area contributed by atoms with E-state index in [-0.39, 0.29) is 11.9 Å². The molecule has 146 valence electrons. The Morgan fingerprint density at radius 1 is 1.07 bits per heavy atom. The number of quaternary nitrogens is 1. The number of hydrogen-bond donors (Lipinski definition) is 2. The molecule has 0 saturated heterocycles. The number of amides is 1. The van der Waals surface area contributed by atoms with Gasteiger partial charge in [0.1, 0.15) is 11.9 Å². The van der Waals surface area contributed by atoms with E-state index in [4.69, 9.17) is 0 Å². The van der Waals surface area contributed by atoms with Gasteiger partial charge in [0, 0.05) is 17.5 Å². The van der Waals surface area contributed by atoms with Crippen LogP contribution in [0.2, 0.25) is 0 Å². The lowest BCUT2D eigenvalue weighted by atomic mass is 9.96. The van der Waals surface area contributed by atoms with E-state index in [1.54, 1.807) is 4.68 Å². The quantitative estimate of drug-likeness (QED) is 0.663. The lowest BCUT2D eigenvalue weighted by Crippen LogP contribution is -2.88. The predicted molar refractivity (Wildman–Crippen MR) is 112 cm³/mol. The molecule has 1 aromatic heterocycles. The number of aromatic nitrogens is 2. The summed E-state index contributed by atoms with van der Waals surface area (Å²) < 4.78 is 1.78.